The molecule has 0 aromatic carbocycles. The third-order valence-corrected chi connectivity index (χ3v) is 0.433. The Balaban J connectivity index is 0.000000360. The van der Waals surface area contributed by atoms with Crippen LogP contribution in [0.2, 0.25) is 0 Å². The van der Waals surface area contributed by atoms with E-state index in [9.17, 15) is 0 Å². The Labute approximate surface area is 41.5 Å². The van der Waals surface area contributed by atoms with Crippen LogP contribution in [0.25, 0.3) is 0 Å². The van der Waals surface area contributed by atoms with E-state index in [-0.39, 0.29) is 6.15 Å². The molecular formula is C3H7N3O. The Morgan fingerprint density at radius 3 is 2.57 bits per heavy atom. The molecule has 0 atom stereocenters. The van der Waals surface area contributed by atoms with Gasteiger partial charge in [0, 0.05) is 0 Å². The lowest BCUT2D eigenvalue weighted by Crippen LogP contribution is -1.92. The molecule has 4 heteroatoms. The lowest BCUT2D eigenvalue weighted by Gasteiger charge is -1.93. The molecule has 4 nitrogen and oxygen atoms in total. The van der Waals surface area contributed by atoms with Crippen molar-refractivity contribution in [3.8, 4) is 0 Å². The molecule has 1 heterocycles. The van der Waals surface area contributed by atoms with Gasteiger partial charge in [-0.2, -0.15) is 0 Å². The van der Waals surface area contributed by atoms with Crippen molar-refractivity contribution in [3.63, 3.8) is 0 Å². The zero-order chi connectivity index (χ0) is 4.24. The number of rotatable bonds is 0. The molecule has 0 saturated heterocycles. The minimum absolute atomic E-state index is 0. The smallest absolute Gasteiger partial charge is 0.182 e. The summed E-state index contributed by atoms with van der Waals surface area (Å²) in [6, 6.07) is 0. The van der Waals surface area contributed by atoms with E-state index >= 15 is 0 Å². The molecule has 7 heavy (non-hydrogen) atoms. The monoisotopic (exact) mass is 101 g/mol. The first-order chi connectivity index (χ1) is 3.00. The first-order valence-corrected chi connectivity index (χ1v) is 1.62. The highest BCUT2D eigenvalue weighted by atomic mass is 16.5. The van der Waals surface area contributed by atoms with Crippen LogP contribution in [0.15, 0.2) is 9.98 Å². The summed E-state index contributed by atoms with van der Waals surface area (Å²) in [5, 5.41) is 0. The predicted octanol–water partition coefficient (Wildman–Crippen LogP) is 0.193. The summed E-state index contributed by atoms with van der Waals surface area (Å²) in [4.78, 5) is 7.17. The van der Waals surface area contributed by atoms with Crippen LogP contribution in [0, 0.1) is 0 Å². The normalized spacial score (nSPS) is 14.9. The fourth-order valence-corrected chi connectivity index (χ4v) is 0.227. The van der Waals surface area contributed by atoms with Crippen LogP contribution in [-0.2, 0) is 4.74 Å². The van der Waals surface area contributed by atoms with Gasteiger partial charge in [0.15, 0.2) is 13.1 Å². The van der Waals surface area contributed by atoms with Crippen molar-refractivity contribution in [2.45, 2.75) is 0 Å². The number of nitrogens with zero attached hydrogens (tertiary/aromatic N) is 2. The van der Waals surface area contributed by atoms with Crippen molar-refractivity contribution in [2.24, 2.45) is 9.98 Å². The van der Waals surface area contributed by atoms with Crippen LogP contribution in [0.1, 0.15) is 0 Å². The first kappa shape index (κ1) is 6.10. The van der Waals surface area contributed by atoms with Crippen molar-refractivity contribution in [1.82, 2.24) is 6.15 Å². The summed E-state index contributed by atoms with van der Waals surface area (Å²) in [5.41, 5.74) is 0. The van der Waals surface area contributed by atoms with E-state index in [4.69, 9.17) is 0 Å². The molecule has 0 saturated carbocycles. The van der Waals surface area contributed by atoms with Crippen LogP contribution in [0.4, 0.5) is 0 Å². The first-order valence-electron chi connectivity index (χ1n) is 1.62. The van der Waals surface area contributed by atoms with Gasteiger partial charge in [-0.15, -0.1) is 0 Å². The van der Waals surface area contributed by atoms with Crippen molar-refractivity contribution in [1.29, 1.82) is 0 Å². The Kier molecular flexibility index (Phi) is 2.87. The van der Waals surface area contributed by atoms with Crippen molar-refractivity contribution in [3.05, 3.63) is 0 Å². The minimum Gasteiger partial charge on any atom is -0.461 e. The number of hydrogen-bond donors (Lipinski definition) is 1. The van der Waals surface area contributed by atoms with Crippen LogP contribution in [0.5, 0.6) is 0 Å². The molecular weight excluding hydrogens is 94.1 g/mol. The Hall–Kier alpha value is -0.900. The zero-order valence-electron chi connectivity index (χ0n) is 3.87. The maximum absolute atomic E-state index is 4.58. The van der Waals surface area contributed by atoms with E-state index in [1.54, 1.807) is 0 Å². The van der Waals surface area contributed by atoms with Crippen molar-refractivity contribution < 1.29 is 4.74 Å². The summed E-state index contributed by atoms with van der Waals surface area (Å²) in [6.07, 6.45) is 2.83. The highest BCUT2D eigenvalue weighted by molar-refractivity contribution is 5.69. The number of hydrogen-bond acceptors (Lipinski definition) is 4. The van der Waals surface area contributed by atoms with Crippen LogP contribution in [0.3, 0.4) is 0 Å². The Morgan fingerprint density at radius 2 is 2.43 bits per heavy atom. The van der Waals surface area contributed by atoms with Crippen molar-refractivity contribution >= 4 is 12.7 Å². The standard InChI is InChI=1S/C3H4N2O.H3N/c1-4-2-6-3-5-1;/h1-2H,3H2;1H3. The van der Waals surface area contributed by atoms with E-state index in [0.717, 1.165) is 0 Å². The second-order valence-corrected chi connectivity index (χ2v) is 0.848. The molecule has 0 radical (unpaired) electrons. The summed E-state index contributed by atoms with van der Waals surface area (Å²) < 4.78 is 4.58. The fourth-order valence-electron chi connectivity index (χ4n) is 0.227. The van der Waals surface area contributed by atoms with Gasteiger partial charge in [-0.05, 0) is 0 Å². The molecule has 0 aromatic heterocycles. The average molecular weight is 101 g/mol. The average Bonchev–Trinajstić information content (AvgIpc) is 1.72. The van der Waals surface area contributed by atoms with E-state index in [0.29, 0.717) is 6.73 Å². The molecule has 1 rings (SSSR count). The van der Waals surface area contributed by atoms with Gasteiger partial charge >= 0.3 is 0 Å². The summed E-state index contributed by atoms with van der Waals surface area (Å²) in [6.45, 7) is 0.420. The minimum atomic E-state index is 0. The maximum atomic E-state index is 4.58. The van der Waals surface area contributed by atoms with Crippen molar-refractivity contribution in [2.75, 3.05) is 6.73 Å². The second-order valence-electron chi connectivity index (χ2n) is 0.848. The van der Waals surface area contributed by atoms with Gasteiger partial charge in [-0.25, -0.2) is 9.98 Å². The number of ether oxygens (including phenoxy) is 1. The van der Waals surface area contributed by atoms with Gasteiger partial charge in [0.2, 0.25) is 0 Å². The topological polar surface area (TPSA) is 69.0 Å². The Bertz CT molecular complexity index is 76.2. The van der Waals surface area contributed by atoms with Crippen LogP contribution in [-0.4, -0.2) is 19.5 Å². The molecule has 0 spiro atoms. The molecule has 3 N–H and O–H groups in total. The molecule has 0 amide bonds. The van der Waals surface area contributed by atoms with E-state index in [2.05, 4.69) is 14.7 Å². The highest BCUT2D eigenvalue weighted by Gasteiger charge is 1.76. The third kappa shape index (κ3) is 1.88. The number of aliphatic imine (C=N–C) groups is 2. The summed E-state index contributed by atoms with van der Waals surface area (Å²) >= 11 is 0. The fraction of sp³-hybridized carbons (Fsp3) is 0.333. The van der Waals surface area contributed by atoms with Gasteiger partial charge in [0.05, 0.1) is 0 Å². The predicted molar refractivity (Wildman–Crippen MR) is 28.0 cm³/mol. The van der Waals surface area contributed by atoms with Gasteiger partial charge < -0.3 is 10.9 Å². The maximum Gasteiger partial charge on any atom is 0.182 e. The molecule has 40 valence electrons. The van der Waals surface area contributed by atoms with E-state index in [1.165, 1.54) is 12.7 Å². The SMILES string of the molecule is C1=NC=NCO1.N. The molecule has 0 unspecified atom stereocenters. The van der Waals surface area contributed by atoms with Crippen LogP contribution >= 0.6 is 0 Å². The molecule has 0 aromatic rings. The van der Waals surface area contributed by atoms with Crippen LogP contribution < -0.4 is 6.15 Å². The van der Waals surface area contributed by atoms with Gasteiger partial charge in [0.1, 0.15) is 6.34 Å². The third-order valence-electron chi connectivity index (χ3n) is 0.433. The zero-order valence-corrected chi connectivity index (χ0v) is 3.87. The second kappa shape index (κ2) is 3.30. The molecule has 0 fully saturated rings. The molecule has 1 aliphatic heterocycles. The largest absolute Gasteiger partial charge is 0.461 e. The van der Waals surface area contributed by atoms with Gasteiger partial charge in [-0.1, -0.05) is 0 Å². The quantitative estimate of drug-likeness (QED) is 0.473. The van der Waals surface area contributed by atoms with Gasteiger partial charge in [0.25, 0.3) is 0 Å². The molecule has 0 aliphatic carbocycles. The lowest BCUT2D eigenvalue weighted by molar-refractivity contribution is 0.331. The molecule has 0 bridgehead atoms. The summed E-state index contributed by atoms with van der Waals surface area (Å²) in [5.74, 6) is 0. The Morgan fingerprint density at radius 1 is 1.57 bits per heavy atom. The highest BCUT2D eigenvalue weighted by Crippen LogP contribution is 1.75. The van der Waals surface area contributed by atoms with E-state index < -0.39 is 0 Å². The van der Waals surface area contributed by atoms with Gasteiger partial charge in [-0.3, -0.25) is 0 Å². The lowest BCUT2D eigenvalue weighted by atomic mass is 11.1. The summed E-state index contributed by atoms with van der Waals surface area (Å²) in [7, 11) is 0. The van der Waals surface area contributed by atoms with E-state index in [1.807, 2.05) is 0 Å². The molecule has 1 aliphatic rings.